The maximum atomic E-state index is 12.4. The number of benzene rings is 3. The number of rotatable bonds is 9. The Morgan fingerprint density at radius 3 is 2.29 bits per heavy atom. The summed E-state index contributed by atoms with van der Waals surface area (Å²) in [6.45, 7) is 3.98. The molecule has 0 aliphatic carbocycles. The van der Waals surface area contributed by atoms with Gasteiger partial charge >= 0.3 is 11.8 Å². The van der Waals surface area contributed by atoms with E-state index in [9.17, 15) is 14.4 Å². The number of para-hydroxylation sites is 2. The molecule has 8 heteroatoms. The Bertz CT molecular complexity index is 1190. The predicted octanol–water partition coefficient (Wildman–Crippen LogP) is 3.13. The van der Waals surface area contributed by atoms with Crippen LogP contribution >= 0.6 is 0 Å². The lowest BCUT2D eigenvalue weighted by Gasteiger charge is -2.13. The van der Waals surface area contributed by atoms with Crippen LogP contribution in [0.15, 0.2) is 77.9 Å². The van der Waals surface area contributed by atoms with Crippen molar-refractivity contribution in [2.45, 2.75) is 20.3 Å². The van der Waals surface area contributed by atoms with Crippen molar-refractivity contribution in [1.29, 1.82) is 0 Å². The van der Waals surface area contributed by atoms with Gasteiger partial charge in [-0.25, -0.2) is 5.43 Å². The van der Waals surface area contributed by atoms with Crippen molar-refractivity contribution < 1.29 is 19.1 Å². The summed E-state index contributed by atoms with van der Waals surface area (Å²) in [6.07, 6.45) is 1.97. The van der Waals surface area contributed by atoms with Crippen molar-refractivity contribution in [2.75, 3.05) is 18.5 Å². The summed E-state index contributed by atoms with van der Waals surface area (Å²) >= 11 is 0. The van der Waals surface area contributed by atoms with Crippen LogP contribution in [0.1, 0.15) is 22.3 Å². The third-order valence-electron chi connectivity index (χ3n) is 5.14. The first-order valence-electron chi connectivity index (χ1n) is 11.2. The van der Waals surface area contributed by atoms with Gasteiger partial charge in [-0.05, 0) is 49.1 Å². The Labute approximate surface area is 204 Å². The Kier molecular flexibility index (Phi) is 9.13. The van der Waals surface area contributed by atoms with Gasteiger partial charge in [0, 0.05) is 17.8 Å². The van der Waals surface area contributed by atoms with E-state index in [1.807, 2.05) is 62.4 Å². The summed E-state index contributed by atoms with van der Waals surface area (Å²) in [5, 5.41) is 9.27. The van der Waals surface area contributed by atoms with Crippen molar-refractivity contribution in [3.63, 3.8) is 0 Å². The summed E-state index contributed by atoms with van der Waals surface area (Å²) in [5.74, 6) is -1.53. The number of carbonyl (C=O) groups excluding carboxylic acids is 3. The van der Waals surface area contributed by atoms with Crippen LogP contribution in [0.4, 0.5) is 5.69 Å². The van der Waals surface area contributed by atoms with Crippen LogP contribution in [0.3, 0.4) is 0 Å². The van der Waals surface area contributed by atoms with Gasteiger partial charge in [-0.3, -0.25) is 14.4 Å². The molecule has 35 heavy (non-hydrogen) atoms. The van der Waals surface area contributed by atoms with Gasteiger partial charge in [0.1, 0.15) is 5.75 Å². The van der Waals surface area contributed by atoms with Gasteiger partial charge in [-0.1, -0.05) is 60.7 Å². The first-order valence-corrected chi connectivity index (χ1v) is 11.2. The van der Waals surface area contributed by atoms with Gasteiger partial charge in [0.2, 0.25) is 0 Å². The minimum absolute atomic E-state index is 0.200. The molecule has 0 radical (unpaired) electrons. The van der Waals surface area contributed by atoms with Gasteiger partial charge in [-0.15, -0.1) is 0 Å². The standard InChI is InChI=1S/C27H28N4O4/c1-19-9-8-10-20(2)25(19)30-24(32)18-35-23-14-7-6-13-22(23)17-29-31-27(34)26(33)28-16-15-21-11-4-3-5-12-21/h3-14,17H,15-16,18H2,1-2H3,(H,28,33)(H,30,32)(H,31,34)/b29-17-. The van der Waals surface area contributed by atoms with Crippen molar-refractivity contribution in [1.82, 2.24) is 10.7 Å². The molecule has 3 N–H and O–H groups in total. The molecule has 0 saturated heterocycles. The van der Waals surface area contributed by atoms with Gasteiger partial charge < -0.3 is 15.4 Å². The number of nitrogens with zero attached hydrogens (tertiary/aromatic N) is 1. The molecule has 180 valence electrons. The number of ether oxygens (including phenoxy) is 1. The first kappa shape index (κ1) is 25.2. The number of hydrogen-bond acceptors (Lipinski definition) is 5. The van der Waals surface area contributed by atoms with E-state index in [0.717, 1.165) is 22.4 Å². The van der Waals surface area contributed by atoms with E-state index in [0.29, 0.717) is 24.3 Å². The molecule has 3 aromatic carbocycles. The summed E-state index contributed by atoms with van der Waals surface area (Å²) in [6, 6.07) is 22.3. The van der Waals surface area contributed by atoms with Gasteiger partial charge in [-0.2, -0.15) is 5.10 Å². The quantitative estimate of drug-likeness (QED) is 0.253. The van der Waals surface area contributed by atoms with Crippen LogP contribution in [-0.2, 0) is 20.8 Å². The van der Waals surface area contributed by atoms with Crippen LogP contribution in [-0.4, -0.2) is 37.1 Å². The molecule has 0 aromatic heterocycles. The van der Waals surface area contributed by atoms with Crippen LogP contribution < -0.4 is 20.8 Å². The molecule has 0 saturated carbocycles. The number of anilines is 1. The Morgan fingerprint density at radius 1 is 0.857 bits per heavy atom. The maximum absolute atomic E-state index is 12.4. The molecule has 0 bridgehead atoms. The molecule has 0 unspecified atom stereocenters. The van der Waals surface area contributed by atoms with Gasteiger partial charge in [0.15, 0.2) is 6.61 Å². The fourth-order valence-electron chi connectivity index (χ4n) is 3.31. The second-order valence-electron chi connectivity index (χ2n) is 7.83. The van der Waals surface area contributed by atoms with E-state index >= 15 is 0 Å². The topological polar surface area (TPSA) is 109 Å². The summed E-state index contributed by atoms with van der Waals surface area (Å²) in [7, 11) is 0. The highest BCUT2D eigenvalue weighted by Gasteiger charge is 2.12. The highest BCUT2D eigenvalue weighted by atomic mass is 16.5. The smallest absolute Gasteiger partial charge is 0.329 e. The zero-order valence-electron chi connectivity index (χ0n) is 19.7. The molecule has 0 aliphatic heterocycles. The zero-order valence-corrected chi connectivity index (χ0v) is 19.7. The molecule has 3 rings (SSSR count). The molecule has 3 amide bonds. The number of carbonyl (C=O) groups is 3. The molecule has 8 nitrogen and oxygen atoms in total. The molecule has 0 fully saturated rings. The minimum atomic E-state index is -0.874. The fourth-order valence-corrected chi connectivity index (χ4v) is 3.31. The van der Waals surface area contributed by atoms with Crippen LogP contribution in [0, 0.1) is 13.8 Å². The summed E-state index contributed by atoms with van der Waals surface area (Å²) in [5.41, 5.74) is 6.49. The van der Waals surface area contributed by atoms with Crippen molar-refractivity contribution in [2.24, 2.45) is 5.10 Å². The molecule has 3 aromatic rings. The third kappa shape index (κ3) is 7.82. The first-order chi connectivity index (χ1) is 16.9. The zero-order chi connectivity index (χ0) is 25.0. The second kappa shape index (κ2) is 12.7. The van der Waals surface area contributed by atoms with E-state index in [-0.39, 0.29) is 12.5 Å². The molecule has 0 heterocycles. The highest BCUT2D eigenvalue weighted by molar-refractivity contribution is 6.35. The Hall–Kier alpha value is -4.46. The number of amides is 3. The Balaban J connectivity index is 1.48. The molecule has 0 spiro atoms. The average Bonchev–Trinajstić information content (AvgIpc) is 2.86. The van der Waals surface area contributed by atoms with Crippen LogP contribution in [0.25, 0.3) is 0 Å². The number of hydrogen-bond donors (Lipinski definition) is 3. The van der Waals surface area contributed by atoms with Crippen molar-refractivity contribution in [3.8, 4) is 5.75 Å². The van der Waals surface area contributed by atoms with Crippen LogP contribution in [0.5, 0.6) is 5.75 Å². The average molecular weight is 473 g/mol. The number of hydrazone groups is 1. The van der Waals surface area contributed by atoms with Gasteiger partial charge in [0.25, 0.3) is 5.91 Å². The largest absolute Gasteiger partial charge is 0.483 e. The summed E-state index contributed by atoms with van der Waals surface area (Å²) < 4.78 is 5.66. The fraction of sp³-hybridized carbons (Fsp3) is 0.185. The lowest BCUT2D eigenvalue weighted by Crippen LogP contribution is -2.38. The Morgan fingerprint density at radius 2 is 1.54 bits per heavy atom. The SMILES string of the molecule is Cc1cccc(C)c1NC(=O)COc1ccccc1/C=N\NC(=O)C(=O)NCCc1ccccc1. The highest BCUT2D eigenvalue weighted by Crippen LogP contribution is 2.20. The molecule has 0 atom stereocenters. The molecular formula is C27H28N4O4. The van der Waals surface area contributed by atoms with Crippen LogP contribution in [0.2, 0.25) is 0 Å². The van der Waals surface area contributed by atoms with E-state index in [4.69, 9.17) is 4.74 Å². The normalized spacial score (nSPS) is 10.6. The third-order valence-corrected chi connectivity index (χ3v) is 5.14. The molecular weight excluding hydrogens is 444 g/mol. The number of aryl methyl sites for hydroxylation is 2. The van der Waals surface area contributed by atoms with E-state index in [1.165, 1.54) is 6.21 Å². The number of nitrogens with one attached hydrogen (secondary N) is 3. The van der Waals surface area contributed by atoms with Crippen molar-refractivity contribution in [3.05, 3.63) is 95.1 Å². The van der Waals surface area contributed by atoms with E-state index in [2.05, 4.69) is 21.2 Å². The maximum Gasteiger partial charge on any atom is 0.329 e. The lowest BCUT2D eigenvalue weighted by molar-refractivity contribution is -0.139. The summed E-state index contributed by atoms with van der Waals surface area (Å²) in [4.78, 5) is 36.3. The lowest BCUT2D eigenvalue weighted by atomic mass is 10.1. The molecule has 0 aliphatic rings. The minimum Gasteiger partial charge on any atom is -0.483 e. The van der Waals surface area contributed by atoms with Gasteiger partial charge in [0.05, 0.1) is 6.21 Å². The van der Waals surface area contributed by atoms with E-state index < -0.39 is 11.8 Å². The van der Waals surface area contributed by atoms with E-state index in [1.54, 1.807) is 24.3 Å². The van der Waals surface area contributed by atoms with Crippen molar-refractivity contribution >= 4 is 29.6 Å². The second-order valence-corrected chi connectivity index (χ2v) is 7.83. The predicted molar refractivity (Wildman–Crippen MR) is 135 cm³/mol. The monoisotopic (exact) mass is 472 g/mol.